The van der Waals surface area contributed by atoms with Gasteiger partial charge in [0.15, 0.2) is 5.82 Å². The number of H-pyrrole nitrogens is 1. The van der Waals surface area contributed by atoms with Crippen molar-refractivity contribution in [2.45, 2.75) is 57.3 Å². The number of aromatic amines is 1. The van der Waals surface area contributed by atoms with Crippen LogP contribution in [0.2, 0.25) is 0 Å². The molecule has 3 rings (SSSR count). The summed E-state index contributed by atoms with van der Waals surface area (Å²) >= 11 is 0. The van der Waals surface area contributed by atoms with Gasteiger partial charge in [0.2, 0.25) is 0 Å². The molecule has 0 atom stereocenters. The standard InChI is InChI=1S/C13H22N4/c14-9-13(6-2-1-3-7-13)8-11-15-12(17-16-11)10-4-5-10/h10H,1-9,14H2,(H,15,16,17). The van der Waals surface area contributed by atoms with Crippen molar-refractivity contribution in [3.05, 3.63) is 11.6 Å². The van der Waals surface area contributed by atoms with E-state index in [1.54, 1.807) is 0 Å². The van der Waals surface area contributed by atoms with Gasteiger partial charge in [-0.05, 0) is 37.6 Å². The molecule has 0 aromatic carbocycles. The molecule has 17 heavy (non-hydrogen) atoms. The van der Waals surface area contributed by atoms with Crippen molar-refractivity contribution >= 4 is 0 Å². The Morgan fingerprint density at radius 1 is 1.24 bits per heavy atom. The van der Waals surface area contributed by atoms with Crippen LogP contribution in [0.15, 0.2) is 0 Å². The molecule has 4 nitrogen and oxygen atoms in total. The molecule has 2 aliphatic carbocycles. The average Bonchev–Trinajstić information content (AvgIpc) is 3.12. The molecule has 1 heterocycles. The molecule has 0 saturated heterocycles. The predicted molar refractivity (Wildman–Crippen MR) is 66.6 cm³/mol. The van der Waals surface area contributed by atoms with Gasteiger partial charge in [-0.15, -0.1) is 0 Å². The first kappa shape index (κ1) is 11.2. The largest absolute Gasteiger partial charge is 0.330 e. The number of hydrogen-bond donors (Lipinski definition) is 2. The highest BCUT2D eigenvalue weighted by molar-refractivity contribution is 5.06. The quantitative estimate of drug-likeness (QED) is 0.838. The van der Waals surface area contributed by atoms with Crippen LogP contribution in [0, 0.1) is 5.41 Å². The lowest BCUT2D eigenvalue weighted by Crippen LogP contribution is -2.35. The van der Waals surface area contributed by atoms with Gasteiger partial charge in [0.1, 0.15) is 5.82 Å². The summed E-state index contributed by atoms with van der Waals surface area (Å²) in [6.07, 6.45) is 10.0. The topological polar surface area (TPSA) is 67.6 Å². The van der Waals surface area contributed by atoms with E-state index >= 15 is 0 Å². The lowest BCUT2D eigenvalue weighted by Gasteiger charge is -2.35. The molecule has 1 aromatic rings. The highest BCUT2D eigenvalue weighted by Gasteiger charge is 2.33. The second-order valence-electron chi connectivity index (χ2n) is 5.86. The van der Waals surface area contributed by atoms with E-state index in [0.717, 1.165) is 24.6 Å². The molecular weight excluding hydrogens is 212 g/mol. The minimum absolute atomic E-state index is 0.290. The van der Waals surface area contributed by atoms with E-state index in [-0.39, 0.29) is 0 Å². The lowest BCUT2D eigenvalue weighted by molar-refractivity contribution is 0.194. The van der Waals surface area contributed by atoms with Gasteiger partial charge in [0.25, 0.3) is 0 Å². The third-order valence-electron chi connectivity index (χ3n) is 4.38. The highest BCUT2D eigenvalue weighted by atomic mass is 15.2. The minimum atomic E-state index is 0.290. The van der Waals surface area contributed by atoms with Crippen LogP contribution in [0.25, 0.3) is 0 Å². The summed E-state index contributed by atoms with van der Waals surface area (Å²) < 4.78 is 0. The van der Waals surface area contributed by atoms with Gasteiger partial charge in [-0.3, -0.25) is 5.10 Å². The second-order valence-corrected chi connectivity index (χ2v) is 5.86. The summed E-state index contributed by atoms with van der Waals surface area (Å²) in [6, 6.07) is 0. The summed E-state index contributed by atoms with van der Waals surface area (Å²) in [5.41, 5.74) is 6.29. The molecule has 0 aliphatic heterocycles. The van der Waals surface area contributed by atoms with E-state index < -0.39 is 0 Å². The van der Waals surface area contributed by atoms with Crippen molar-refractivity contribution in [3.8, 4) is 0 Å². The fraction of sp³-hybridized carbons (Fsp3) is 0.846. The van der Waals surface area contributed by atoms with Gasteiger partial charge < -0.3 is 5.73 Å². The maximum Gasteiger partial charge on any atom is 0.153 e. The van der Waals surface area contributed by atoms with Gasteiger partial charge in [0, 0.05) is 12.3 Å². The summed E-state index contributed by atoms with van der Waals surface area (Å²) in [5, 5.41) is 7.45. The number of aromatic nitrogens is 3. The summed E-state index contributed by atoms with van der Waals surface area (Å²) in [7, 11) is 0. The Morgan fingerprint density at radius 3 is 2.65 bits per heavy atom. The van der Waals surface area contributed by atoms with Crippen LogP contribution in [0.3, 0.4) is 0 Å². The predicted octanol–water partition coefficient (Wildman–Crippen LogP) is 2.13. The molecule has 0 bridgehead atoms. The highest BCUT2D eigenvalue weighted by Crippen LogP contribution is 2.40. The van der Waals surface area contributed by atoms with Crippen molar-refractivity contribution in [1.82, 2.24) is 15.2 Å². The summed E-state index contributed by atoms with van der Waals surface area (Å²) in [4.78, 5) is 4.64. The van der Waals surface area contributed by atoms with Crippen molar-refractivity contribution in [3.63, 3.8) is 0 Å². The zero-order chi connectivity index (χ0) is 11.7. The molecule has 4 heteroatoms. The molecule has 2 aliphatic rings. The zero-order valence-corrected chi connectivity index (χ0v) is 10.4. The van der Waals surface area contributed by atoms with Gasteiger partial charge in [0.05, 0.1) is 0 Å². The Balaban J connectivity index is 1.70. The van der Waals surface area contributed by atoms with E-state index in [1.807, 2.05) is 0 Å². The molecule has 2 saturated carbocycles. The normalized spacial score (nSPS) is 23.8. The number of nitrogens with one attached hydrogen (secondary N) is 1. The van der Waals surface area contributed by atoms with E-state index in [9.17, 15) is 0 Å². The molecular formula is C13H22N4. The molecule has 1 aromatic heterocycles. The van der Waals surface area contributed by atoms with Crippen LogP contribution < -0.4 is 5.73 Å². The van der Waals surface area contributed by atoms with Crippen molar-refractivity contribution in [2.75, 3.05) is 6.54 Å². The van der Waals surface area contributed by atoms with Crippen LogP contribution in [0.1, 0.15) is 62.5 Å². The molecule has 0 spiro atoms. The zero-order valence-electron chi connectivity index (χ0n) is 10.4. The fourth-order valence-electron chi connectivity index (χ4n) is 3.02. The number of nitrogens with two attached hydrogens (primary N) is 1. The molecule has 0 unspecified atom stereocenters. The molecule has 3 N–H and O–H groups in total. The van der Waals surface area contributed by atoms with Crippen molar-refractivity contribution < 1.29 is 0 Å². The number of hydrogen-bond acceptors (Lipinski definition) is 3. The monoisotopic (exact) mass is 234 g/mol. The summed E-state index contributed by atoms with van der Waals surface area (Å²) in [5.74, 6) is 2.72. The first-order valence-electron chi connectivity index (χ1n) is 6.93. The molecule has 0 radical (unpaired) electrons. The SMILES string of the molecule is NCC1(Cc2nc(C3CC3)n[nH]2)CCCCC1. The van der Waals surface area contributed by atoms with Crippen LogP contribution >= 0.6 is 0 Å². The van der Waals surface area contributed by atoms with Gasteiger partial charge in [-0.2, -0.15) is 5.10 Å². The van der Waals surface area contributed by atoms with Crippen LogP contribution in [-0.4, -0.2) is 21.7 Å². The summed E-state index contributed by atoms with van der Waals surface area (Å²) in [6.45, 7) is 0.784. The molecule has 2 fully saturated rings. The van der Waals surface area contributed by atoms with E-state index in [0.29, 0.717) is 11.3 Å². The Morgan fingerprint density at radius 2 is 2.00 bits per heavy atom. The van der Waals surface area contributed by atoms with Crippen LogP contribution in [0.5, 0.6) is 0 Å². The van der Waals surface area contributed by atoms with Crippen LogP contribution in [0.4, 0.5) is 0 Å². The first-order valence-corrected chi connectivity index (χ1v) is 6.93. The number of rotatable bonds is 4. The third-order valence-corrected chi connectivity index (χ3v) is 4.38. The maximum atomic E-state index is 6.00. The Kier molecular flexibility index (Phi) is 2.90. The Hall–Kier alpha value is -0.900. The molecule has 0 amide bonds. The van der Waals surface area contributed by atoms with E-state index in [1.165, 1.54) is 44.9 Å². The Labute approximate surface area is 102 Å². The van der Waals surface area contributed by atoms with Crippen LogP contribution in [-0.2, 0) is 6.42 Å². The van der Waals surface area contributed by atoms with Crippen molar-refractivity contribution in [2.24, 2.45) is 11.1 Å². The lowest BCUT2D eigenvalue weighted by atomic mass is 9.72. The smallest absolute Gasteiger partial charge is 0.153 e. The van der Waals surface area contributed by atoms with Gasteiger partial charge >= 0.3 is 0 Å². The number of nitrogens with zero attached hydrogens (tertiary/aromatic N) is 2. The minimum Gasteiger partial charge on any atom is -0.330 e. The van der Waals surface area contributed by atoms with Gasteiger partial charge in [-0.25, -0.2) is 4.98 Å². The maximum absolute atomic E-state index is 6.00. The first-order chi connectivity index (χ1) is 8.31. The average molecular weight is 234 g/mol. The van der Waals surface area contributed by atoms with Gasteiger partial charge in [-0.1, -0.05) is 19.3 Å². The second kappa shape index (κ2) is 4.41. The van der Waals surface area contributed by atoms with Crippen molar-refractivity contribution in [1.29, 1.82) is 0 Å². The van der Waals surface area contributed by atoms with E-state index in [4.69, 9.17) is 5.73 Å². The Bertz CT molecular complexity index is 375. The van der Waals surface area contributed by atoms with E-state index in [2.05, 4.69) is 15.2 Å². The molecule has 94 valence electrons. The fourth-order valence-corrected chi connectivity index (χ4v) is 3.02. The third kappa shape index (κ3) is 2.37.